The predicted octanol–water partition coefficient (Wildman–Crippen LogP) is 6.19. The Morgan fingerprint density at radius 3 is 2.03 bits per heavy atom. The van der Waals surface area contributed by atoms with E-state index in [2.05, 4.69) is 119 Å². The lowest BCUT2D eigenvalue weighted by atomic mass is 9.79. The molecule has 0 radical (unpaired) electrons. The Kier molecular flexibility index (Phi) is 8.42. The van der Waals surface area contributed by atoms with Crippen molar-refractivity contribution in [3.63, 3.8) is 0 Å². The van der Waals surface area contributed by atoms with Gasteiger partial charge in [-0.05, 0) is 82.0 Å². The fraction of sp³-hybridized carbons (Fsp3) is 0.600. The molecule has 3 rings (SSSR count). The van der Waals surface area contributed by atoms with E-state index >= 15 is 0 Å². The molecular formula is C30H47N3. The predicted molar refractivity (Wildman–Crippen MR) is 144 cm³/mol. The minimum absolute atomic E-state index is 0.168. The van der Waals surface area contributed by atoms with Crippen LogP contribution in [-0.4, -0.2) is 36.3 Å². The van der Waals surface area contributed by atoms with E-state index in [1.54, 1.807) is 0 Å². The number of benzene rings is 2. The van der Waals surface area contributed by atoms with Gasteiger partial charge < -0.3 is 16.0 Å². The molecule has 33 heavy (non-hydrogen) atoms. The van der Waals surface area contributed by atoms with Crippen LogP contribution >= 0.6 is 0 Å². The highest BCUT2D eigenvalue weighted by molar-refractivity contribution is 5.63. The van der Waals surface area contributed by atoms with E-state index in [0.717, 1.165) is 32.4 Å². The lowest BCUT2D eigenvalue weighted by Crippen LogP contribution is -2.62. The van der Waals surface area contributed by atoms with E-state index in [0.29, 0.717) is 17.5 Å². The standard InChI is InChI=1S/C30H47N3/c1-28(2,3)17-18-31-26(22-32-27-20-29(4,5)33-30(6,7)21-27)19-23-13-15-25(16-14-23)24-11-9-8-10-12-24/h8-16,26-27,31-33H,17-22H2,1-7H3/t26-/m0/s1. The Balaban J connectivity index is 1.63. The molecule has 1 heterocycles. The molecule has 0 spiro atoms. The maximum Gasteiger partial charge on any atom is 0.0232 e. The Bertz CT molecular complexity index is 830. The minimum Gasteiger partial charge on any atom is -0.312 e. The van der Waals surface area contributed by atoms with Crippen LogP contribution < -0.4 is 16.0 Å². The van der Waals surface area contributed by atoms with Crippen LogP contribution in [0.4, 0.5) is 0 Å². The third kappa shape index (κ3) is 8.88. The molecule has 1 saturated heterocycles. The molecule has 3 N–H and O–H groups in total. The molecule has 2 aromatic rings. The van der Waals surface area contributed by atoms with Crippen LogP contribution in [0.15, 0.2) is 54.6 Å². The highest BCUT2D eigenvalue weighted by Gasteiger charge is 2.37. The summed E-state index contributed by atoms with van der Waals surface area (Å²) < 4.78 is 0. The summed E-state index contributed by atoms with van der Waals surface area (Å²) in [6.07, 6.45) is 4.56. The maximum atomic E-state index is 3.94. The summed E-state index contributed by atoms with van der Waals surface area (Å²) in [5.74, 6) is 0. The zero-order valence-corrected chi connectivity index (χ0v) is 22.1. The molecular weight excluding hydrogens is 402 g/mol. The van der Waals surface area contributed by atoms with Crippen molar-refractivity contribution in [3.8, 4) is 11.1 Å². The van der Waals surface area contributed by atoms with Crippen molar-refractivity contribution >= 4 is 0 Å². The first-order chi connectivity index (χ1) is 15.4. The van der Waals surface area contributed by atoms with E-state index in [1.807, 2.05) is 0 Å². The second-order valence-corrected chi connectivity index (χ2v) is 12.6. The fourth-order valence-corrected chi connectivity index (χ4v) is 5.39. The first kappa shape index (κ1) is 25.9. The van der Waals surface area contributed by atoms with E-state index in [9.17, 15) is 0 Å². The van der Waals surface area contributed by atoms with Crippen molar-refractivity contribution in [2.24, 2.45) is 5.41 Å². The van der Waals surface area contributed by atoms with E-state index in [-0.39, 0.29) is 11.1 Å². The molecule has 0 unspecified atom stereocenters. The summed E-state index contributed by atoms with van der Waals surface area (Å²) in [6, 6.07) is 20.7. The molecule has 3 nitrogen and oxygen atoms in total. The lowest BCUT2D eigenvalue weighted by Gasteiger charge is -2.47. The summed E-state index contributed by atoms with van der Waals surface area (Å²) >= 11 is 0. The summed E-state index contributed by atoms with van der Waals surface area (Å²) in [7, 11) is 0. The highest BCUT2D eigenvalue weighted by atomic mass is 15.1. The van der Waals surface area contributed by atoms with E-state index in [4.69, 9.17) is 0 Å². The topological polar surface area (TPSA) is 36.1 Å². The van der Waals surface area contributed by atoms with Crippen LogP contribution in [0.1, 0.15) is 73.3 Å². The van der Waals surface area contributed by atoms with Gasteiger partial charge in [0.05, 0.1) is 0 Å². The number of piperidine rings is 1. The highest BCUT2D eigenvalue weighted by Crippen LogP contribution is 2.28. The number of nitrogens with one attached hydrogen (secondary N) is 3. The number of hydrogen-bond acceptors (Lipinski definition) is 3. The molecule has 1 atom stereocenters. The van der Waals surface area contributed by atoms with Gasteiger partial charge in [0.2, 0.25) is 0 Å². The Morgan fingerprint density at radius 2 is 1.45 bits per heavy atom. The zero-order valence-electron chi connectivity index (χ0n) is 22.1. The monoisotopic (exact) mass is 449 g/mol. The zero-order chi connectivity index (χ0) is 24.1. The molecule has 0 saturated carbocycles. The van der Waals surface area contributed by atoms with Gasteiger partial charge in [0, 0.05) is 29.7 Å². The van der Waals surface area contributed by atoms with Crippen molar-refractivity contribution < 1.29 is 0 Å². The van der Waals surface area contributed by atoms with Gasteiger partial charge in [0.25, 0.3) is 0 Å². The summed E-state index contributed by atoms with van der Waals surface area (Å²) in [5.41, 5.74) is 4.65. The van der Waals surface area contributed by atoms with Crippen LogP contribution in [-0.2, 0) is 6.42 Å². The second-order valence-electron chi connectivity index (χ2n) is 12.6. The quantitative estimate of drug-likeness (QED) is 0.427. The molecule has 182 valence electrons. The van der Waals surface area contributed by atoms with Gasteiger partial charge in [-0.2, -0.15) is 0 Å². The number of rotatable bonds is 9. The van der Waals surface area contributed by atoms with Crippen LogP contribution in [0.2, 0.25) is 0 Å². The maximum absolute atomic E-state index is 3.94. The summed E-state index contributed by atoms with van der Waals surface area (Å²) in [4.78, 5) is 0. The van der Waals surface area contributed by atoms with Crippen molar-refractivity contribution in [2.75, 3.05) is 13.1 Å². The first-order valence-corrected chi connectivity index (χ1v) is 12.8. The van der Waals surface area contributed by atoms with Gasteiger partial charge in [0.1, 0.15) is 0 Å². The molecule has 1 fully saturated rings. The van der Waals surface area contributed by atoms with Gasteiger partial charge >= 0.3 is 0 Å². The lowest BCUT2D eigenvalue weighted by molar-refractivity contribution is 0.144. The van der Waals surface area contributed by atoms with Gasteiger partial charge in [-0.25, -0.2) is 0 Å². The Morgan fingerprint density at radius 1 is 0.879 bits per heavy atom. The third-order valence-electron chi connectivity index (χ3n) is 6.69. The van der Waals surface area contributed by atoms with Gasteiger partial charge in [-0.15, -0.1) is 0 Å². The molecule has 0 bridgehead atoms. The van der Waals surface area contributed by atoms with Gasteiger partial charge in [-0.3, -0.25) is 0 Å². The minimum atomic E-state index is 0.168. The smallest absolute Gasteiger partial charge is 0.0232 e. The van der Waals surface area contributed by atoms with Gasteiger partial charge in [0.15, 0.2) is 0 Å². The fourth-order valence-electron chi connectivity index (χ4n) is 5.39. The van der Waals surface area contributed by atoms with Crippen molar-refractivity contribution in [2.45, 2.75) is 97.3 Å². The summed E-state index contributed by atoms with van der Waals surface area (Å²) in [6.45, 7) is 18.3. The van der Waals surface area contributed by atoms with Crippen molar-refractivity contribution in [3.05, 3.63) is 60.2 Å². The summed E-state index contributed by atoms with van der Waals surface area (Å²) in [5, 5.41) is 11.6. The van der Waals surface area contributed by atoms with Crippen LogP contribution in [0.5, 0.6) is 0 Å². The average Bonchev–Trinajstić information content (AvgIpc) is 2.70. The molecule has 2 aromatic carbocycles. The Hall–Kier alpha value is -1.68. The molecule has 0 aliphatic carbocycles. The average molecular weight is 450 g/mol. The SMILES string of the molecule is CC(C)(C)CCN[C@H](CNC1CC(C)(C)NC(C)(C)C1)Cc1ccc(-c2ccccc2)cc1. The molecule has 0 aromatic heterocycles. The van der Waals surface area contributed by atoms with E-state index < -0.39 is 0 Å². The van der Waals surface area contributed by atoms with Gasteiger partial charge in [-0.1, -0.05) is 75.4 Å². The van der Waals surface area contributed by atoms with Crippen molar-refractivity contribution in [1.82, 2.24) is 16.0 Å². The van der Waals surface area contributed by atoms with Crippen LogP contribution in [0.3, 0.4) is 0 Å². The molecule has 1 aliphatic heterocycles. The largest absolute Gasteiger partial charge is 0.312 e. The van der Waals surface area contributed by atoms with Crippen LogP contribution in [0, 0.1) is 5.41 Å². The molecule has 0 amide bonds. The second kappa shape index (κ2) is 10.7. The Labute approximate surface area is 203 Å². The molecule has 3 heteroatoms. The number of hydrogen-bond donors (Lipinski definition) is 3. The van der Waals surface area contributed by atoms with Crippen LogP contribution in [0.25, 0.3) is 11.1 Å². The van der Waals surface area contributed by atoms with Crippen molar-refractivity contribution in [1.29, 1.82) is 0 Å². The molecule has 1 aliphatic rings. The third-order valence-corrected chi connectivity index (χ3v) is 6.69. The normalized spacial score (nSPS) is 19.4. The van der Waals surface area contributed by atoms with E-state index in [1.165, 1.54) is 23.1 Å². The first-order valence-electron chi connectivity index (χ1n) is 12.8.